The van der Waals surface area contributed by atoms with Crippen LogP contribution in [0, 0.1) is 0 Å². The van der Waals surface area contributed by atoms with Crippen LogP contribution in [0.3, 0.4) is 0 Å². The van der Waals surface area contributed by atoms with Gasteiger partial charge in [0.05, 0.1) is 35.8 Å². The molecule has 0 saturated carbocycles. The zero-order valence-electron chi connectivity index (χ0n) is 15.5. The number of amides is 1. The second-order valence-corrected chi connectivity index (χ2v) is 6.12. The molecule has 3 rings (SSSR count). The summed E-state index contributed by atoms with van der Waals surface area (Å²) in [5, 5.41) is 6.27. The summed E-state index contributed by atoms with van der Waals surface area (Å²) in [4.78, 5) is 16.8. The minimum Gasteiger partial charge on any atom is -0.492 e. The number of hydrogen-bond donors (Lipinski definition) is 2. The van der Waals surface area contributed by atoms with Gasteiger partial charge < -0.3 is 15.4 Å². The van der Waals surface area contributed by atoms with Crippen LogP contribution in [0.1, 0.15) is 35.8 Å². The first-order chi connectivity index (χ1) is 13.2. The molecule has 1 amide bonds. The lowest BCUT2D eigenvalue weighted by Gasteiger charge is -2.15. The monoisotopic (exact) mass is 361 g/mol. The van der Waals surface area contributed by atoms with E-state index in [1.54, 1.807) is 18.5 Å². The number of pyridine rings is 1. The summed E-state index contributed by atoms with van der Waals surface area (Å²) >= 11 is 0. The first kappa shape index (κ1) is 18.5. The number of anilines is 2. The van der Waals surface area contributed by atoms with Gasteiger partial charge in [0.1, 0.15) is 5.75 Å². The molecule has 0 aliphatic rings. The smallest absolute Gasteiger partial charge is 0.253 e. The molecule has 1 aromatic heterocycles. The lowest BCUT2D eigenvalue weighted by Crippen LogP contribution is -2.26. The van der Waals surface area contributed by atoms with Gasteiger partial charge in [0.15, 0.2) is 0 Å². The summed E-state index contributed by atoms with van der Waals surface area (Å²) in [5.74, 6) is 0.591. The van der Waals surface area contributed by atoms with E-state index in [9.17, 15) is 4.79 Å². The number of hydrogen-bond acceptors (Lipinski definition) is 4. The number of para-hydroxylation sites is 2. The van der Waals surface area contributed by atoms with Crippen molar-refractivity contribution >= 4 is 17.3 Å². The summed E-state index contributed by atoms with van der Waals surface area (Å²) in [7, 11) is 0. The molecular weight excluding hydrogens is 338 g/mol. The van der Waals surface area contributed by atoms with Crippen molar-refractivity contribution in [2.75, 3.05) is 11.9 Å². The fraction of sp³-hybridized carbons (Fsp3) is 0.182. The van der Waals surface area contributed by atoms with E-state index in [1.807, 2.05) is 68.4 Å². The number of aromatic nitrogens is 1. The Morgan fingerprint density at radius 2 is 1.81 bits per heavy atom. The molecule has 1 heterocycles. The van der Waals surface area contributed by atoms with Gasteiger partial charge in [-0.05, 0) is 37.6 Å². The average molecular weight is 361 g/mol. The standard InChI is InChI=1S/C22H23N3O2/c1-3-27-21-12-8-7-11-20(21)25-19-13-18(14-23-15-19)22(26)24-16(2)17-9-5-4-6-10-17/h4-16,25H,3H2,1-2H3,(H,24,26). The normalized spacial score (nSPS) is 11.5. The average Bonchev–Trinajstić information content (AvgIpc) is 2.70. The summed E-state index contributed by atoms with van der Waals surface area (Å²) in [6.45, 7) is 4.48. The highest BCUT2D eigenvalue weighted by Gasteiger charge is 2.12. The van der Waals surface area contributed by atoms with E-state index in [-0.39, 0.29) is 11.9 Å². The van der Waals surface area contributed by atoms with E-state index in [2.05, 4.69) is 15.6 Å². The molecule has 27 heavy (non-hydrogen) atoms. The van der Waals surface area contributed by atoms with Crippen LogP contribution < -0.4 is 15.4 Å². The largest absolute Gasteiger partial charge is 0.492 e. The van der Waals surface area contributed by atoms with Gasteiger partial charge in [-0.15, -0.1) is 0 Å². The Bertz CT molecular complexity index is 897. The van der Waals surface area contributed by atoms with Gasteiger partial charge in [0, 0.05) is 6.20 Å². The van der Waals surface area contributed by atoms with E-state index in [0.717, 1.165) is 22.7 Å². The Balaban J connectivity index is 1.73. The fourth-order valence-corrected chi connectivity index (χ4v) is 2.74. The number of benzene rings is 2. The topological polar surface area (TPSA) is 63.2 Å². The van der Waals surface area contributed by atoms with Crippen LogP contribution >= 0.6 is 0 Å². The number of carbonyl (C=O) groups is 1. The predicted octanol–water partition coefficient (Wildman–Crippen LogP) is 4.71. The second kappa shape index (κ2) is 8.85. The lowest BCUT2D eigenvalue weighted by atomic mass is 10.1. The summed E-state index contributed by atoms with van der Waals surface area (Å²) in [6.07, 6.45) is 3.24. The molecule has 138 valence electrons. The summed E-state index contributed by atoms with van der Waals surface area (Å²) in [5.41, 5.74) is 3.11. The Kier molecular flexibility index (Phi) is 6.05. The van der Waals surface area contributed by atoms with Crippen LogP contribution in [0.5, 0.6) is 5.75 Å². The lowest BCUT2D eigenvalue weighted by molar-refractivity contribution is 0.0939. The SMILES string of the molecule is CCOc1ccccc1Nc1cncc(C(=O)NC(C)c2ccccc2)c1. The van der Waals surface area contributed by atoms with E-state index >= 15 is 0 Å². The zero-order chi connectivity index (χ0) is 19.1. The van der Waals surface area contributed by atoms with Crippen LogP contribution in [0.25, 0.3) is 0 Å². The summed E-state index contributed by atoms with van der Waals surface area (Å²) in [6, 6.07) is 19.2. The van der Waals surface area contributed by atoms with Crippen molar-refractivity contribution in [1.82, 2.24) is 10.3 Å². The number of carbonyl (C=O) groups excluding carboxylic acids is 1. The third kappa shape index (κ3) is 4.85. The van der Waals surface area contributed by atoms with Crippen molar-refractivity contribution in [3.05, 3.63) is 84.2 Å². The molecule has 0 bridgehead atoms. The van der Waals surface area contributed by atoms with Crippen LogP contribution in [0.15, 0.2) is 73.1 Å². The molecule has 5 nitrogen and oxygen atoms in total. The molecule has 0 saturated heterocycles. The second-order valence-electron chi connectivity index (χ2n) is 6.12. The van der Waals surface area contributed by atoms with Crippen LogP contribution in [0.2, 0.25) is 0 Å². The van der Waals surface area contributed by atoms with Gasteiger partial charge in [-0.25, -0.2) is 0 Å². The molecular formula is C22H23N3O2. The van der Waals surface area contributed by atoms with Gasteiger partial charge >= 0.3 is 0 Å². The number of nitrogens with one attached hydrogen (secondary N) is 2. The first-order valence-corrected chi connectivity index (χ1v) is 8.97. The zero-order valence-corrected chi connectivity index (χ0v) is 15.5. The van der Waals surface area contributed by atoms with Crippen molar-refractivity contribution in [2.24, 2.45) is 0 Å². The Labute approximate surface area is 159 Å². The molecule has 0 aliphatic heterocycles. The van der Waals surface area contributed by atoms with Crippen LogP contribution in [-0.4, -0.2) is 17.5 Å². The molecule has 0 fully saturated rings. The molecule has 2 aromatic carbocycles. The van der Waals surface area contributed by atoms with Gasteiger partial charge in [-0.1, -0.05) is 42.5 Å². The quantitative estimate of drug-likeness (QED) is 0.639. The van der Waals surface area contributed by atoms with Gasteiger partial charge in [0.25, 0.3) is 5.91 Å². The van der Waals surface area contributed by atoms with E-state index in [4.69, 9.17) is 4.74 Å². The third-order valence-corrected chi connectivity index (χ3v) is 4.11. The number of nitrogens with zero attached hydrogens (tertiary/aromatic N) is 1. The highest BCUT2D eigenvalue weighted by molar-refractivity contribution is 5.95. The van der Waals surface area contributed by atoms with E-state index < -0.39 is 0 Å². The van der Waals surface area contributed by atoms with Crippen LogP contribution in [0.4, 0.5) is 11.4 Å². The molecule has 0 spiro atoms. The molecule has 3 aromatic rings. The van der Waals surface area contributed by atoms with Gasteiger partial charge in [0.2, 0.25) is 0 Å². The molecule has 0 radical (unpaired) electrons. The highest BCUT2D eigenvalue weighted by atomic mass is 16.5. The van der Waals surface area contributed by atoms with Gasteiger partial charge in [-0.2, -0.15) is 0 Å². The van der Waals surface area contributed by atoms with Crippen molar-refractivity contribution in [3.8, 4) is 5.75 Å². The predicted molar refractivity (Wildman–Crippen MR) is 107 cm³/mol. The van der Waals surface area contributed by atoms with Crippen molar-refractivity contribution in [1.29, 1.82) is 0 Å². The Morgan fingerprint density at radius 1 is 1.07 bits per heavy atom. The van der Waals surface area contributed by atoms with Gasteiger partial charge in [-0.3, -0.25) is 9.78 Å². The minimum atomic E-state index is -0.166. The molecule has 1 atom stereocenters. The fourth-order valence-electron chi connectivity index (χ4n) is 2.74. The van der Waals surface area contributed by atoms with E-state index in [1.165, 1.54) is 0 Å². The maximum absolute atomic E-state index is 12.6. The number of rotatable bonds is 7. The third-order valence-electron chi connectivity index (χ3n) is 4.11. The Hall–Kier alpha value is -3.34. The molecule has 2 N–H and O–H groups in total. The maximum atomic E-state index is 12.6. The molecule has 0 aliphatic carbocycles. The maximum Gasteiger partial charge on any atom is 0.253 e. The van der Waals surface area contributed by atoms with Crippen LogP contribution in [-0.2, 0) is 0 Å². The molecule has 5 heteroatoms. The van der Waals surface area contributed by atoms with Crippen molar-refractivity contribution < 1.29 is 9.53 Å². The highest BCUT2D eigenvalue weighted by Crippen LogP contribution is 2.27. The van der Waals surface area contributed by atoms with Crippen molar-refractivity contribution in [3.63, 3.8) is 0 Å². The van der Waals surface area contributed by atoms with Crippen molar-refractivity contribution in [2.45, 2.75) is 19.9 Å². The minimum absolute atomic E-state index is 0.0889. The summed E-state index contributed by atoms with van der Waals surface area (Å²) < 4.78 is 5.63. The number of ether oxygens (including phenoxy) is 1. The first-order valence-electron chi connectivity index (χ1n) is 8.97. The Morgan fingerprint density at radius 3 is 2.59 bits per heavy atom. The van der Waals surface area contributed by atoms with E-state index in [0.29, 0.717) is 12.2 Å². The molecule has 1 unspecified atom stereocenters.